The fraction of sp³-hybridized carbons (Fsp3) is 0.471. The molecule has 2 aromatic heterocycles. The zero-order valence-corrected chi connectivity index (χ0v) is 16.8. The Labute approximate surface area is 161 Å². The maximum atomic E-state index is 11.7. The molecule has 0 unspecified atom stereocenters. The molecule has 8 nitrogen and oxygen atoms in total. The van der Waals surface area contributed by atoms with Crippen LogP contribution in [0.5, 0.6) is 5.75 Å². The Kier molecular flexibility index (Phi) is 4.87. The highest BCUT2D eigenvalue weighted by molar-refractivity contribution is 7.88. The van der Waals surface area contributed by atoms with Gasteiger partial charge in [0, 0.05) is 24.6 Å². The van der Waals surface area contributed by atoms with E-state index in [1.54, 1.807) is 4.52 Å². The highest BCUT2D eigenvalue weighted by Gasteiger charge is 2.29. The molecule has 0 atom stereocenters. The van der Waals surface area contributed by atoms with E-state index in [0.29, 0.717) is 19.7 Å². The third-order valence-corrected chi connectivity index (χ3v) is 6.97. The molecule has 144 valence electrons. The third-order valence-electron chi connectivity index (χ3n) is 4.72. The maximum absolute atomic E-state index is 11.7. The molecular weight excluding hydrogens is 386 g/mol. The average molecular weight is 408 g/mol. The van der Waals surface area contributed by atoms with Crippen LogP contribution in [0.15, 0.2) is 24.3 Å². The van der Waals surface area contributed by atoms with Crippen molar-refractivity contribution in [1.82, 2.24) is 24.1 Å². The van der Waals surface area contributed by atoms with Gasteiger partial charge in [0.1, 0.15) is 10.8 Å². The number of nitrogens with zero attached hydrogens (tertiary/aromatic N) is 5. The van der Waals surface area contributed by atoms with E-state index in [2.05, 4.69) is 10.2 Å². The van der Waals surface area contributed by atoms with E-state index in [0.717, 1.165) is 39.9 Å². The van der Waals surface area contributed by atoms with Crippen LogP contribution in [0.2, 0.25) is 0 Å². The number of piperidine rings is 1. The smallest absolute Gasteiger partial charge is 0.234 e. The molecule has 3 aromatic rings. The molecule has 0 saturated carbocycles. The Hall–Kier alpha value is -2.04. The molecule has 1 aliphatic heterocycles. The summed E-state index contributed by atoms with van der Waals surface area (Å²) < 4.78 is 32.2. The van der Waals surface area contributed by atoms with Gasteiger partial charge in [0.25, 0.3) is 0 Å². The number of aromatic nitrogens is 4. The van der Waals surface area contributed by atoms with Gasteiger partial charge >= 0.3 is 0 Å². The lowest BCUT2D eigenvalue weighted by atomic mass is 9.97. The lowest BCUT2D eigenvalue weighted by molar-refractivity contribution is 0.313. The summed E-state index contributed by atoms with van der Waals surface area (Å²) in [6.07, 6.45) is 2.71. The summed E-state index contributed by atoms with van der Waals surface area (Å²) in [6, 6.07) is 7.84. The molecule has 0 bridgehead atoms. The van der Waals surface area contributed by atoms with E-state index in [4.69, 9.17) is 9.84 Å². The summed E-state index contributed by atoms with van der Waals surface area (Å²) in [6.45, 7) is 3.61. The quantitative estimate of drug-likeness (QED) is 0.645. The number of rotatable bonds is 5. The zero-order valence-electron chi connectivity index (χ0n) is 15.2. The molecule has 3 heterocycles. The first-order valence-electron chi connectivity index (χ1n) is 8.86. The molecule has 0 spiro atoms. The lowest BCUT2D eigenvalue weighted by Crippen LogP contribution is -2.37. The van der Waals surface area contributed by atoms with Crippen LogP contribution in [0.25, 0.3) is 15.5 Å². The normalized spacial score (nSPS) is 16.8. The summed E-state index contributed by atoms with van der Waals surface area (Å²) in [4.78, 5) is 0.749. The van der Waals surface area contributed by atoms with Gasteiger partial charge in [-0.1, -0.05) is 11.3 Å². The van der Waals surface area contributed by atoms with Crippen LogP contribution >= 0.6 is 11.3 Å². The number of hydrogen-bond acceptors (Lipinski definition) is 7. The minimum atomic E-state index is -3.13. The molecule has 1 saturated heterocycles. The van der Waals surface area contributed by atoms with Crippen molar-refractivity contribution in [2.24, 2.45) is 0 Å². The molecule has 0 radical (unpaired) electrons. The van der Waals surface area contributed by atoms with E-state index in [1.165, 1.54) is 21.9 Å². The Balaban J connectivity index is 1.56. The molecule has 10 heteroatoms. The van der Waals surface area contributed by atoms with Crippen molar-refractivity contribution >= 4 is 26.3 Å². The summed E-state index contributed by atoms with van der Waals surface area (Å²) in [5.74, 6) is 1.81. The lowest BCUT2D eigenvalue weighted by Gasteiger charge is -2.28. The van der Waals surface area contributed by atoms with Gasteiger partial charge in [-0.15, -0.1) is 10.2 Å². The predicted molar refractivity (Wildman–Crippen MR) is 104 cm³/mol. The molecule has 0 N–H and O–H groups in total. The first-order chi connectivity index (χ1) is 13.0. The molecule has 4 rings (SSSR count). The van der Waals surface area contributed by atoms with Crippen LogP contribution in [0.3, 0.4) is 0 Å². The number of hydrogen-bond donors (Lipinski definition) is 0. The number of fused-ring (bicyclic) bond motifs is 1. The zero-order chi connectivity index (χ0) is 19.0. The fourth-order valence-corrected chi connectivity index (χ4v) is 5.04. The SMILES string of the molecule is CCOc1ccc(-c2nn3c(C4CCN(S(C)(=O)=O)CC4)nnc3s2)cc1. The Morgan fingerprint density at radius 2 is 1.89 bits per heavy atom. The minimum absolute atomic E-state index is 0.160. The second kappa shape index (κ2) is 7.17. The largest absolute Gasteiger partial charge is 0.494 e. The van der Waals surface area contributed by atoms with Gasteiger partial charge in [-0.2, -0.15) is 9.61 Å². The number of ether oxygens (including phenoxy) is 1. The topological polar surface area (TPSA) is 89.7 Å². The Bertz CT molecular complexity index is 1030. The van der Waals surface area contributed by atoms with Crippen molar-refractivity contribution in [3.8, 4) is 16.3 Å². The Morgan fingerprint density at radius 3 is 2.52 bits per heavy atom. The standard InChI is InChI=1S/C17H21N5O3S2/c1-3-25-14-6-4-13(5-7-14)16-20-22-15(18-19-17(22)26-16)12-8-10-21(11-9-12)27(2,23)24/h4-7,12H,3,8-11H2,1-2H3. The predicted octanol–water partition coefficient (Wildman–Crippen LogP) is 2.39. The van der Waals surface area contributed by atoms with Crippen LogP contribution in [-0.2, 0) is 10.0 Å². The Morgan fingerprint density at radius 1 is 1.19 bits per heavy atom. The summed E-state index contributed by atoms with van der Waals surface area (Å²) >= 11 is 1.49. The van der Waals surface area contributed by atoms with Crippen LogP contribution < -0.4 is 4.74 Å². The van der Waals surface area contributed by atoms with E-state index >= 15 is 0 Å². The molecule has 1 aromatic carbocycles. The molecule has 27 heavy (non-hydrogen) atoms. The second-order valence-electron chi connectivity index (χ2n) is 6.55. The van der Waals surface area contributed by atoms with Crippen molar-refractivity contribution < 1.29 is 13.2 Å². The van der Waals surface area contributed by atoms with E-state index in [9.17, 15) is 8.42 Å². The van der Waals surface area contributed by atoms with Crippen LogP contribution in [0.4, 0.5) is 0 Å². The van der Waals surface area contributed by atoms with Crippen molar-refractivity contribution in [1.29, 1.82) is 0 Å². The van der Waals surface area contributed by atoms with E-state index in [1.807, 2.05) is 31.2 Å². The number of benzene rings is 1. The van der Waals surface area contributed by atoms with Crippen LogP contribution in [0.1, 0.15) is 31.5 Å². The van der Waals surface area contributed by atoms with Crippen molar-refractivity contribution in [3.05, 3.63) is 30.1 Å². The van der Waals surface area contributed by atoms with Crippen LogP contribution in [-0.4, -0.2) is 58.5 Å². The fourth-order valence-electron chi connectivity index (χ4n) is 3.31. The van der Waals surface area contributed by atoms with Gasteiger partial charge in [0.05, 0.1) is 12.9 Å². The first kappa shape index (κ1) is 18.3. The van der Waals surface area contributed by atoms with Gasteiger partial charge in [0.15, 0.2) is 5.82 Å². The first-order valence-corrected chi connectivity index (χ1v) is 11.5. The van der Waals surface area contributed by atoms with Gasteiger partial charge in [-0.05, 0) is 44.0 Å². The van der Waals surface area contributed by atoms with Gasteiger partial charge < -0.3 is 4.74 Å². The van der Waals surface area contributed by atoms with Crippen molar-refractivity contribution in [2.45, 2.75) is 25.7 Å². The van der Waals surface area contributed by atoms with Crippen molar-refractivity contribution in [3.63, 3.8) is 0 Å². The van der Waals surface area contributed by atoms with Gasteiger partial charge in [-0.25, -0.2) is 12.7 Å². The third kappa shape index (κ3) is 3.69. The number of sulfonamides is 1. The van der Waals surface area contributed by atoms with Gasteiger partial charge in [-0.3, -0.25) is 0 Å². The summed E-state index contributed by atoms with van der Waals surface area (Å²) in [5, 5.41) is 14.2. The molecular formula is C17H21N5O3S2. The monoisotopic (exact) mass is 407 g/mol. The minimum Gasteiger partial charge on any atom is -0.494 e. The maximum Gasteiger partial charge on any atom is 0.234 e. The molecule has 0 aliphatic carbocycles. The van der Waals surface area contributed by atoms with E-state index < -0.39 is 10.0 Å². The van der Waals surface area contributed by atoms with Gasteiger partial charge in [0.2, 0.25) is 15.0 Å². The second-order valence-corrected chi connectivity index (χ2v) is 9.49. The van der Waals surface area contributed by atoms with Crippen LogP contribution in [0, 0.1) is 0 Å². The highest BCUT2D eigenvalue weighted by Crippen LogP contribution is 2.31. The van der Waals surface area contributed by atoms with E-state index in [-0.39, 0.29) is 5.92 Å². The molecule has 1 aliphatic rings. The molecule has 1 fully saturated rings. The summed E-state index contributed by atoms with van der Waals surface area (Å²) in [5.41, 5.74) is 1.01. The highest BCUT2D eigenvalue weighted by atomic mass is 32.2. The molecule has 0 amide bonds. The average Bonchev–Trinajstić information content (AvgIpc) is 3.23. The van der Waals surface area contributed by atoms with Crippen molar-refractivity contribution in [2.75, 3.05) is 26.0 Å². The summed E-state index contributed by atoms with van der Waals surface area (Å²) in [7, 11) is -3.13.